The Morgan fingerprint density at radius 2 is 1.93 bits per heavy atom. The topological polar surface area (TPSA) is 103 Å². The number of likely N-dealkylation sites (tertiary alicyclic amines) is 1. The lowest BCUT2D eigenvalue weighted by atomic mass is 10.0. The molecule has 4 rings (SSSR count). The number of aryl methyl sites for hydroxylation is 1. The van der Waals surface area contributed by atoms with Gasteiger partial charge >= 0.3 is 0 Å². The molecule has 2 atom stereocenters. The fourth-order valence-electron chi connectivity index (χ4n) is 5.47. The summed E-state index contributed by atoms with van der Waals surface area (Å²) in [6, 6.07) is 5.18. The van der Waals surface area contributed by atoms with Crippen LogP contribution in [0.3, 0.4) is 0 Å². The Hall–Kier alpha value is -3.04. The van der Waals surface area contributed by atoms with E-state index in [2.05, 4.69) is 46.0 Å². The van der Waals surface area contributed by atoms with Gasteiger partial charge in [-0.15, -0.1) is 11.3 Å². The third-order valence-corrected chi connectivity index (χ3v) is 8.86. The summed E-state index contributed by atoms with van der Waals surface area (Å²) in [5, 5.41) is 9.89. The molecule has 1 aliphatic carbocycles. The molecule has 3 N–H and O–H groups in total. The van der Waals surface area contributed by atoms with E-state index in [1.807, 2.05) is 19.1 Å². The van der Waals surface area contributed by atoms with Crippen LogP contribution in [0, 0.1) is 0 Å². The van der Waals surface area contributed by atoms with Crippen LogP contribution in [0.5, 0.6) is 0 Å². The molecule has 222 valence electrons. The summed E-state index contributed by atoms with van der Waals surface area (Å²) in [5.41, 5.74) is 3.28. The van der Waals surface area contributed by atoms with Gasteiger partial charge in [-0.05, 0) is 75.7 Å². The number of thiazole rings is 1. The second kappa shape index (κ2) is 15.8. The lowest BCUT2D eigenvalue weighted by Crippen LogP contribution is -2.53. The minimum absolute atomic E-state index is 0.147. The first kappa shape index (κ1) is 30.9. The van der Waals surface area contributed by atoms with Gasteiger partial charge < -0.3 is 16.0 Å². The molecule has 1 fully saturated rings. The van der Waals surface area contributed by atoms with Crippen molar-refractivity contribution in [2.24, 2.45) is 0 Å². The minimum Gasteiger partial charge on any atom is -0.350 e. The summed E-state index contributed by atoms with van der Waals surface area (Å²) in [6.45, 7) is 7.32. The fourth-order valence-corrected chi connectivity index (χ4v) is 6.55. The Kier molecular flexibility index (Phi) is 11.9. The van der Waals surface area contributed by atoms with Gasteiger partial charge in [-0.25, -0.2) is 4.98 Å². The highest BCUT2D eigenvalue weighted by Crippen LogP contribution is 2.25. The Balaban J connectivity index is 1.41. The fraction of sp³-hybridized carbons (Fsp3) is 0.562. The number of piperidine rings is 1. The molecule has 41 heavy (non-hydrogen) atoms. The predicted octanol–water partition coefficient (Wildman–Crippen LogP) is 4.44. The normalized spacial score (nSPS) is 17.4. The number of rotatable bonds is 14. The van der Waals surface area contributed by atoms with Crippen LogP contribution in [-0.4, -0.2) is 65.9 Å². The Morgan fingerprint density at radius 1 is 1.10 bits per heavy atom. The average molecular weight is 580 g/mol. The molecule has 2 heterocycles. The van der Waals surface area contributed by atoms with Crippen LogP contribution < -0.4 is 16.0 Å². The minimum atomic E-state index is -0.745. The van der Waals surface area contributed by atoms with E-state index in [1.54, 1.807) is 17.4 Å². The van der Waals surface area contributed by atoms with Gasteiger partial charge in [0, 0.05) is 32.0 Å². The van der Waals surface area contributed by atoms with Gasteiger partial charge in [-0.2, -0.15) is 0 Å². The van der Waals surface area contributed by atoms with E-state index < -0.39 is 6.04 Å². The smallest absolute Gasteiger partial charge is 0.243 e. The van der Waals surface area contributed by atoms with Crippen LogP contribution in [0.25, 0.3) is 10.2 Å². The molecule has 1 aromatic heterocycles. The molecular formula is C32H45N5O3S. The first-order chi connectivity index (χ1) is 19.9. The summed E-state index contributed by atoms with van der Waals surface area (Å²) < 4.78 is 1.09. The molecular weight excluding hydrogens is 534 g/mol. The number of carbonyl (C=O) groups is 3. The zero-order valence-corrected chi connectivity index (χ0v) is 25.4. The molecule has 1 aliphatic heterocycles. The summed E-state index contributed by atoms with van der Waals surface area (Å²) >= 11 is 1.57. The maximum atomic E-state index is 13.7. The van der Waals surface area contributed by atoms with Gasteiger partial charge in [-0.1, -0.05) is 44.1 Å². The Morgan fingerprint density at radius 3 is 2.66 bits per heavy atom. The largest absolute Gasteiger partial charge is 0.350 e. The van der Waals surface area contributed by atoms with Crippen LogP contribution in [0.2, 0.25) is 0 Å². The molecule has 0 spiro atoms. The van der Waals surface area contributed by atoms with Crippen molar-refractivity contribution in [3.8, 4) is 0 Å². The quantitative estimate of drug-likeness (QED) is 0.227. The molecule has 1 saturated heterocycles. The Labute approximate surface area is 248 Å². The second-order valence-corrected chi connectivity index (χ2v) is 12.2. The van der Waals surface area contributed by atoms with Gasteiger partial charge in [-0.3, -0.25) is 19.3 Å². The van der Waals surface area contributed by atoms with E-state index in [4.69, 9.17) is 4.98 Å². The van der Waals surface area contributed by atoms with Crippen LogP contribution >= 0.6 is 11.3 Å². The molecule has 0 radical (unpaired) electrons. The molecule has 8 nitrogen and oxygen atoms in total. The number of allylic oxidation sites excluding steroid dienone is 1. The highest BCUT2D eigenvalue weighted by atomic mass is 32.1. The summed E-state index contributed by atoms with van der Waals surface area (Å²) in [5.74, 6) is -0.560. The summed E-state index contributed by atoms with van der Waals surface area (Å²) in [7, 11) is 0. The van der Waals surface area contributed by atoms with E-state index in [-0.39, 0.29) is 23.8 Å². The molecule has 9 heteroatoms. The van der Waals surface area contributed by atoms with Gasteiger partial charge in [0.2, 0.25) is 17.7 Å². The molecule has 1 aromatic carbocycles. The number of hydrogen-bond donors (Lipinski definition) is 3. The number of benzene rings is 1. The number of nitrogens with one attached hydrogen (secondary N) is 3. The van der Waals surface area contributed by atoms with E-state index in [0.717, 1.165) is 66.1 Å². The van der Waals surface area contributed by atoms with Gasteiger partial charge in [0.1, 0.15) is 6.04 Å². The SMILES string of the molecule is CCCC(=O)N[C@@H](Cc1nc2ccc(CC)cc2s1)C(=O)N[C@H](CNC(=O)/C=C/CN1CCCCC1)C1=CCCC1. The lowest BCUT2D eigenvalue weighted by molar-refractivity contribution is -0.129. The molecule has 2 aromatic rings. The van der Waals surface area contributed by atoms with E-state index in [9.17, 15) is 14.4 Å². The van der Waals surface area contributed by atoms with E-state index in [1.165, 1.54) is 24.8 Å². The van der Waals surface area contributed by atoms with Crippen LogP contribution in [0.1, 0.15) is 75.8 Å². The van der Waals surface area contributed by atoms with Crippen molar-refractivity contribution in [2.75, 3.05) is 26.2 Å². The summed E-state index contributed by atoms with van der Waals surface area (Å²) in [4.78, 5) is 46.0. The molecule has 3 amide bonds. The third kappa shape index (κ3) is 9.50. The monoisotopic (exact) mass is 579 g/mol. The van der Waals surface area contributed by atoms with Crippen molar-refractivity contribution < 1.29 is 14.4 Å². The van der Waals surface area contributed by atoms with E-state index >= 15 is 0 Å². The zero-order chi connectivity index (χ0) is 29.0. The standard InChI is InChI=1S/C32H45N5O3S/c1-3-11-30(39)34-26(21-31-35-25-16-15-23(4-2)20-28(25)41-31)32(40)36-27(24-12-6-7-13-24)22-33-29(38)14-10-19-37-17-8-5-9-18-37/h10,12,14-16,20,26-27H,3-9,11,13,17-19,21-22H2,1-2H3,(H,33,38)(H,34,39)(H,36,40)/b14-10+/t26-,27+/m0/s1. The average Bonchev–Trinajstić information content (AvgIpc) is 3.65. The molecule has 0 saturated carbocycles. The van der Waals surface area contributed by atoms with Crippen molar-refractivity contribution in [1.29, 1.82) is 0 Å². The molecule has 2 aliphatic rings. The number of hydrogen-bond acceptors (Lipinski definition) is 6. The zero-order valence-electron chi connectivity index (χ0n) is 24.5. The highest BCUT2D eigenvalue weighted by Gasteiger charge is 2.27. The number of amides is 3. The lowest BCUT2D eigenvalue weighted by Gasteiger charge is -2.25. The van der Waals surface area contributed by atoms with Gasteiger partial charge in [0.25, 0.3) is 0 Å². The summed E-state index contributed by atoms with van der Waals surface area (Å²) in [6.07, 6.45) is 14.6. The van der Waals surface area contributed by atoms with Crippen LogP contribution in [0.15, 0.2) is 42.0 Å². The first-order valence-corrected chi connectivity index (χ1v) is 16.1. The second-order valence-electron chi connectivity index (χ2n) is 11.1. The third-order valence-electron chi connectivity index (χ3n) is 7.82. The van der Waals surface area contributed by atoms with Crippen molar-refractivity contribution in [2.45, 2.75) is 90.1 Å². The van der Waals surface area contributed by atoms with E-state index in [0.29, 0.717) is 25.8 Å². The first-order valence-electron chi connectivity index (χ1n) is 15.3. The van der Waals surface area contributed by atoms with Crippen molar-refractivity contribution in [1.82, 2.24) is 25.8 Å². The molecule has 0 unspecified atom stereocenters. The van der Waals surface area contributed by atoms with Crippen LogP contribution in [-0.2, 0) is 27.2 Å². The maximum absolute atomic E-state index is 13.7. The number of aromatic nitrogens is 1. The van der Waals surface area contributed by atoms with Crippen LogP contribution in [0.4, 0.5) is 0 Å². The van der Waals surface area contributed by atoms with Crippen molar-refractivity contribution in [3.05, 3.63) is 52.6 Å². The highest BCUT2D eigenvalue weighted by molar-refractivity contribution is 7.18. The predicted molar refractivity (Wildman–Crippen MR) is 166 cm³/mol. The maximum Gasteiger partial charge on any atom is 0.243 e. The van der Waals surface area contributed by atoms with Gasteiger partial charge in [0.05, 0.1) is 21.3 Å². The van der Waals surface area contributed by atoms with Gasteiger partial charge in [0.15, 0.2) is 0 Å². The number of fused-ring (bicyclic) bond motifs is 1. The van der Waals surface area contributed by atoms with Crippen molar-refractivity contribution >= 4 is 39.3 Å². The van der Waals surface area contributed by atoms with Crippen molar-refractivity contribution in [3.63, 3.8) is 0 Å². The Bertz CT molecular complexity index is 1250. The number of carbonyl (C=O) groups excluding carboxylic acids is 3. The number of nitrogens with zero attached hydrogens (tertiary/aromatic N) is 2. The molecule has 0 bridgehead atoms.